The van der Waals surface area contributed by atoms with Crippen LogP contribution in [-0.2, 0) is 4.79 Å². The van der Waals surface area contributed by atoms with E-state index < -0.39 is 17.8 Å². The topological polar surface area (TPSA) is 63.6 Å². The van der Waals surface area contributed by atoms with Gasteiger partial charge in [0.1, 0.15) is 11.6 Å². The lowest BCUT2D eigenvalue weighted by Crippen LogP contribution is -2.09. The molecule has 0 radical (unpaired) electrons. The molecule has 0 amide bonds. The second-order valence-electron chi connectivity index (χ2n) is 4.70. The molecule has 2 aromatic carbocycles. The molecule has 0 fully saturated rings. The molecular formula is C19H13FO4. The van der Waals surface area contributed by atoms with Crippen molar-refractivity contribution in [3.63, 3.8) is 0 Å². The third-order valence-corrected chi connectivity index (χ3v) is 2.98. The lowest BCUT2D eigenvalue weighted by molar-refractivity contribution is -0.131. The molecule has 0 aromatic heterocycles. The van der Waals surface area contributed by atoms with Crippen molar-refractivity contribution < 1.29 is 23.8 Å². The number of rotatable bonds is 4. The Morgan fingerprint density at radius 3 is 2.46 bits per heavy atom. The van der Waals surface area contributed by atoms with E-state index in [0.717, 1.165) is 23.8 Å². The minimum atomic E-state index is -1.19. The highest BCUT2D eigenvalue weighted by atomic mass is 19.1. The zero-order chi connectivity index (χ0) is 17.5. The molecule has 0 unspecified atom stereocenters. The van der Waals surface area contributed by atoms with Crippen LogP contribution in [0.5, 0.6) is 5.75 Å². The minimum absolute atomic E-state index is 0.0254. The third kappa shape index (κ3) is 4.55. The Morgan fingerprint density at radius 1 is 1.17 bits per heavy atom. The van der Waals surface area contributed by atoms with Crippen molar-refractivity contribution in [3.05, 3.63) is 71.0 Å². The van der Waals surface area contributed by atoms with Crippen LogP contribution in [-0.4, -0.2) is 17.0 Å². The standard InChI is InChI=1S/C19H13FO4/c1-2-3-13-4-9-16(10-5-13)24-19(23)15-7-6-14(17(20)12-15)8-11-18(21)22/h4-12H,1H3,(H,21,22)/b11-8+. The van der Waals surface area contributed by atoms with Crippen LogP contribution >= 0.6 is 0 Å². The first-order valence-electron chi connectivity index (χ1n) is 6.95. The summed E-state index contributed by atoms with van der Waals surface area (Å²) in [6, 6.07) is 10.3. The van der Waals surface area contributed by atoms with Gasteiger partial charge in [0.25, 0.3) is 0 Å². The van der Waals surface area contributed by atoms with Crippen LogP contribution in [0, 0.1) is 17.7 Å². The van der Waals surface area contributed by atoms with E-state index in [9.17, 15) is 14.0 Å². The summed E-state index contributed by atoms with van der Waals surface area (Å²) in [6.45, 7) is 1.72. The summed E-state index contributed by atoms with van der Waals surface area (Å²) in [5, 5.41) is 8.53. The average Bonchev–Trinajstić information content (AvgIpc) is 2.55. The van der Waals surface area contributed by atoms with Gasteiger partial charge in [0, 0.05) is 17.2 Å². The van der Waals surface area contributed by atoms with Crippen molar-refractivity contribution in [3.8, 4) is 17.6 Å². The maximum atomic E-state index is 13.9. The van der Waals surface area contributed by atoms with E-state index in [4.69, 9.17) is 9.84 Å². The zero-order valence-electron chi connectivity index (χ0n) is 12.7. The maximum Gasteiger partial charge on any atom is 0.343 e. The molecule has 0 heterocycles. The summed E-state index contributed by atoms with van der Waals surface area (Å²) < 4.78 is 19.0. The molecule has 4 nitrogen and oxygen atoms in total. The molecule has 0 spiro atoms. The normalized spacial score (nSPS) is 10.1. The first-order valence-corrected chi connectivity index (χ1v) is 6.95. The van der Waals surface area contributed by atoms with Crippen LogP contribution in [0.15, 0.2) is 48.5 Å². The number of carboxylic acids is 1. The fraction of sp³-hybridized carbons (Fsp3) is 0.0526. The molecule has 0 saturated heterocycles. The second-order valence-corrected chi connectivity index (χ2v) is 4.70. The summed E-state index contributed by atoms with van der Waals surface area (Å²) in [6.07, 6.45) is 1.93. The highest BCUT2D eigenvalue weighted by Gasteiger charge is 2.11. The van der Waals surface area contributed by atoms with Gasteiger partial charge in [0.15, 0.2) is 0 Å². The van der Waals surface area contributed by atoms with Gasteiger partial charge in [0.05, 0.1) is 5.56 Å². The average molecular weight is 324 g/mol. The van der Waals surface area contributed by atoms with Crippen molar-refractivity contribution in [1.29, 1.82) is 0 Å². The van der Waals surface area contributed by atoms with E-state index in [1.165, 1.54) is 12.1 Å². The number of carbonyl (C=O) groups excluding carboxylic acids is 1. The maximum absolute atomic E-state index is 13.9. The third-order valence-electron chi connectivity index (χ3n) is 2.98. The monoisotopic (exact) mass is 324 g/mol. The molecule has 0 saturated carbocycles. The minimum Gasteiger partial charge on any atom is -0.478 e. The number of esters is 1. The predicted octanol–water partition coefficient (Wildman–Crippen LogP) is 3.51. The predicted molar refractivity (Wildman–Crippen MR) is 87.0 cm³/mol. The van der Waals surface area contributed by atoms with Crippen LogP contribution in [0.2, 0.25) is 0 Å². The second kappa shape index (κ2) is 7.75. The Bertz CT molecular complexity index is 855. The largest absolute Gasteiger partial charge is 0.478 e. The van der Waals surface area contributed by atoms with Gasteiger partial charge in [-0.3, -0.25) is 0 Å². The fourth-order valence-corrected chi connectivity index (χ4v) is 1.87. The molecule has 120 valence electrons. The van der Waals surface area contributed by atoms with Crippen molar-refractivity contribution in [2.45, 2.75) is 6.92 Å². The van der Waals surface area contributed by atoms with Crippen LogP contribution in [0.3, 0.4) is 0 Å². The number of aliphatic carboxylic acids is 1. The molecule has 5 heteroatoms. The summed E-state index contributed by atoms with van der Waals surface area (Å²) >= 11 is 0. The zero-order valence-corrected chi connectivity index (χ0v) is 12.7. The summed E-state index contributed by atoms with van der Waals surface area (Å²) in [4.78, 5) is 22.5. The van der Waals surface area contributed by atoms with Gasteiger partial charge in [-0.2, -0.15) is 0 Å². The van der Waals surface area contributed by atoms with Gasteiger partial charge < -0.3 is 9.84 Å². The summed E-state index contributed by atoms with van der Waals surface area (Å²) in [7, 11) is 0. The van der Waals surface area contributed by atoms with E-state index in [2.05, 4.69) is 11.8 Å². The number of ether oxygens (including phenoxy) is 1. The van der Waals surface area contributed by atoms with E-state index in [-0.39, 0.29) is 11.1 Å². The molecule has 0 aliphatic rings. The van der Waals surface area contributed by atoms with Crippen LogP contribution in [0.25, 0.3) is 6.08 Å². The molecule has 1 N–H and O–H groups in total. The summed E-state index contributed by atoms with van der Waals surface area (Å²) in [5.41, 5.74) is 0.881. The fourth-order valence-electron chi connectivity index (χ4n) is 1.87. The molecule has 2 aromatic rings. The number of carbonyl (C=O) groups is 2. The molecule has 0 bridgehead atoms. The van der Waals surface area contributed by atoms with Crippen molar-refractivity contribution in [1.82, 2.24) is 0 Å². The van der Waals surface area contributed by atoms with Crippen molar-refractivity contribution >= 4 is 18.0 Å². The highest BCUT2D eigenvalue weighted by Crippen LogP contribution is 2.16. The Morgan fingerprint density at radius 2 is 1.88 bits per heavy atom. The van der Waals surface area contributed by atoms with E-state index in [0.29, 0.717) is 5.75 Å². The van der Waals surface area contributed by atoms with Gasteiger partial charge >= 0.3 is 11.9 Å². The molecule has 0 aliphatic carbocycles. The number of hydrogen-bond acceptors (Lipinski definition) is 3. The van der Waals surface area contributed by atoms with Gasteiger partial charge in [-0.15, -0.1) is 5.92 Å². The first-order chi connectivity index (χ1) is 11.5. The molecule has 24 heavy (non-hydrogen) atoms. The van der Waals surface area contributed by atoms with Crippen LogP contribution in [0.1, 0.15) is 28.4 Å². The van der Waals surface area contributed by atoms with Gasteiger partial charge in [-0.1, -0.05) is 12.0 Å². The van der Waals surface area contributed by atoms with Gasteiger partial charge in [0.2, 0.25) is 0 Å². The molecule has 2 rings (SSSR count). The Labute approximate surface area is 138 Å². The molecule has 0 aliphatic heterocycles. The quantitative estimate of drug-likeness (QED) is 0.404. The van der Waals surface area contributed by atoms with E-state index >= 15 is 0 Å². The Kier molecular flexibility index (Phi) is 5.48. The van der Waals surface area contributed by atoms with Gasteiger partial charge in [-0.05, 0) is 49.4 Å². The van der Waals surface area contributed by atoms with Crippen molar-refractivity contribution in [2.75, 3.05) is 0 Å². The smallest absolute Gasteiger partial charge is 0.343 e. The van der Waals surface area contributed by atoms with Crippen LogP contribution in [0.4, 0.5) is 4.39 Å². The SMILES string of the molecule is CC#Cc1ccc(OC(=O)c2ccc(/C=C/C(=O)O)c(F)c2)cc1. The number of hydrogen-bond donors (Lipinski definition) is 1. The molecular weight excluding hydrogens is 311 g/mol. The lowest BCUT2D eigenvalue weighted by atomic mass is 10.1. The lowest BCUT2D eigenvalue weighted by Gasteiger charge is -2.05. The van der Waals surface area contributed by atoms with Crippen molar-refractivity contribution in [2.24, 2.45) is 0 Å². The first kappa shape index (κ1) is 17.0. The summed E-state index contributed by atoms with van der Waals surface area (Å²) in [5.74, 6) is 3.33. The van der Waals surface area contributed by atoms with Crippen LogP contribution < -0.4 is 4.74 Å². The number of halogens is 1. The number of benzene rings is 2. The van der Waals surface area contributed by atoms with E-state index in [1.807, 2.05) is 0 Å². The highest BCUT2D eigenvalue weighted by molar-refractivity contribution is 5.91. The van der Waals surface area contributed by atoms with E-state index in [1.54, 1.807) is 31.2 Å². The molecule has 0 atom stereocenters. The van der Waals surface area contributed by atoms with Gasteiger partial charge in [-0.25, -0.2) is 14.0 Å². The Balaban J connectivity index is 2.13. The Hall–Kier alpha value is -3.39. The number of carboxylic acid groups (broad SMARTS) is 1.